The van der Waals surface area contributed by atoms with Crippen molar-refractivity contribution in [3.63, 3.8) is 0 Å². The molecule has 0 aliphatic heterocycles. The van der Waals surface area contributed by atoms with Crippen LogP contribution in [-0.4, -0.2) is 35.1 Å². The molecule has 0 spiro atoms. The fourth-order valence-electron chi connectivity index (χ4n) is 3.22. The highest BCUT2D eigenvalue weighted by atomic mass is 35.5. The number of hydrogen-bond donors (Lipinski definition) is 1. The average molecular weight is 489 g/mol. The van der Waals surface area contributed by atoms with Crippen molar-refractivity contribution in [2.24, 2.45) is 0 Å². The number of aryl methyl sites for hydroxylation is 2. The lowest BCUT2D eigenvalue weighted by molar-refractivity contribution is -0.114. The van der Waals surface area contributed by atoms with Crippen LogP contribution in [0.1, 0.15) is 11.1 Å². The molecule has 0 radical (unpaired) electrons. The van der Waals surface area contributed by atoms with E-state index in [0.29, 0.717) is 16.5 Å². The summed E-state index contributed by atoms with van der Waals surface area (Å²) >= 11 is 5.99. The number of ether oxygens (including phenoxy) is 2. The van der Waals surface area contributed by atoms with Crippen molar-refractivity contribution in [3.05, 3.63) is 76.8 Å². The second kappa shape index (κ2) is 10.1. The second-order valence-electron chi connectivity index (χ2n) is 7.37. The maximum absolute atomic E-state index is 13.6. The Balaban J connectivity index is 2.03. The third-order valence-corrected chi connectivity index (χ3v) is 7.02. The van der Waals surface area contributed by atoms with Crippen molar-refractivity contribution in [1.82, 2.24) is 0 Å². The number of nitrogens with zero attached hydrogens (tertiary/aromatic N) is 1. The summed E-state index contributed by atoms with van der Waals surface area (Å²) in [5, 5.41) is 3.30. The normalized spacial score (nSPS) is 11.1. The molecule has 1 amide bonds. The molecule has 3 rings (SSSR count). The Labute approximate surface area is 198 Å². The summed E-state index contributed by atoms with van der Waals surface area (Å²) in [4.78, 5) is 13.0. The van der Waals surface area contributed by atoms with Crippen LogP contribution in [0.15, 0.2) is 65.6 Å². The van der Waals surface area contributed by atoms with Crippen LogP contribution >= 0.6 is 11.6 Å². The Morgan fingerprint density at radius 1 is 0.970 bits per heavy atom. The molecule has 0 aromatic heterocycles. The summed E-state index contributed by atoms with van der Waals surface area (Å²) in [7, 11) is -1.18. The molecule has 3 aromatic carbocycles. The maximum Gasteiger partial charge on any atom is 0.264 e. The van der Waals surface area contributed by atoms with E-state index >= 15 is 0 Å². The Kier molecular flexibility index (Phi) is 7.50. The summed E-state index contributed by atoms with van der Waals surface area (Å²) in [6, 6.07) is 16.2. The zero-order chi connectivity index (χ0) is 24.2. The van der Waals surface area contributed by atoms with Crippen LogP contribution in [0, 0.1) is 13.8 Å². The largest absolute Gasteiger partial charge is 0.497 e. The number of halogens is 1. The molecule has 0 fully saturated rings. The van der Waals surface area contributed by atoms with E-state index in [0.717, 1.165) is 15.4 Å². The van der Waals surface area contributed by atoms with Gasteiger partial charge in [0.1, 0.15) is 18.0 Å². The molecule has 33 heavy (non-hydrogen) atoms. The Morgan fingerprint density at radius 2 is 1.67 bits per heavy atom. The Morgan fingerprint density at radius 3 is 2.27 bits per heavy atom. The highest BCUT2D eigenvalue weighted by Crippen LogP contribution is 2.35. The van der Waals surface area contributed by atoms with E-state index in [2.05, 4.69) is 5.32 Å². The van der Waals surface area contributed by atoms with Gasteiger partial charge in [-0.25, -0.2) is 8.42 Å². The third kappa shape index (κ3) is 5.58. The molecule has 9 heteroatoms. The van der Waals surface area contributed by atoms with E-state index < -0.39 is 22.5 Å². The molecule has 1 N–H and O–H groups in total. The van der Waals surface area contributed by atoms with Crippen LogP contribution in [-0.2, 0) is 14.8 Å². The van der Waals surface area contributed by atoms with Gasteiger partial charge in [-0.1, -0.05) is 29.3 Å². The van der Waals surface area contributed by atoms with Crippen molar-refractivity contribution >= 4 is 38.9 Å². The topological polar surface area (TPSA) is 84.9 Å². The lowest BCUT2D eigenvalue weighted by atomic mass is 10.2. The van der Waals surface area contributed by atoms with Crippen molar-refractivity contribution in [3.8, 4) is 11.5 Å². The second-order valence-corrected chi connectivity index (χ2v) is 9.67. The highest BCUT2D eigenvalue weighted by Gasteiger charge is 2.30. The molecule has 0 aliphatic carbocycles. The van der Waals surface area contributed by atoms with Gasteiger partial charge in [0.05, 0.1) is 24.8 Å². The maximum atomic E-state index is 13.6. The first-order chi connectivity index (χ1) is 15.6. The minimum atomic E-state index is -4.10. The van der Waals surface area contributed by atoms with E-state index in [1.54, 1.807) is 55.5 Å². The van der Waals surface area contributed by atoms with Gasteiger partial charge in [0.25, 0.3) is 10.0 Å². The van der Waals surface area contributed by atoms with E-state index in [1.807, 2.05) is 6.92 Å². The molecule has 3 aromatic rings. The van der Waals surface area contributed by atoms with Gasteiger partial charge in [0.15, 0.2) is 0 Å². The molecule has 174 valence electrons. The molecule has 0 saturated heterocycles. The number of hydrogen-bond acceptors (Lipinski definition) is 5. The van der Waals surface area contributed by atoms with Crippen LogP contribution in [0.25, 0.3) is 0 Å². The third-order valence-electron chi connectivity index (χ3n) is 5.01. The zero-order valence-corrected chi connectivity index (χ0v) is 20.3. The fourth-order valence-corrected chi connectivity index (χ4v) is 4.87. The number of nitrogens with one attached hydrogen (secondary N) is 1. The first-order valence-electron chi connectivity index (χ1n) is 10.0. The molecular formula is C24H25ClN2O5S. The lowest BCUT2D eigenvalue weighted by Gasteiger charge is -2.26. The van der Waals surface area contributed by atoms with Crippen molar-refractivity contribution in [2.75, 3.05) is 30.4 Å². The summed E-state index contributed by atoms with van der Waals surface area (Å²) in [5.74, 6) is 0.221. The van der Waals surface area contributed by atoms with E-state index in [1.165, 1.54) is 26.4 Å². The van der Waals surface area contributed by atoms with E-state index in [-0.39, 0.29) is 16.3 Å². The van der Waals surface area contributed by atoms with Crippen LogP contribution in [0.4, 0.5) is 11.4 Å². The van der Waals surface area contributed by atoms with Crippen molar-refractivity contribution in [1.29, 1.82) is 0 Å². The number of sulfonamides is 1. The van der Waals surface area contributed by atoms with Gasteiger partial charge in [-0.15, -0.1) is 0 Å². The molecule has 7 nitrogen and oxygen atoms in total. The van der Waals surface area contributed by atoms with Crippen LogP contribution in [0.3, 0.4) is 0 Å². The van der Waals surface area contributed by atoms with Crippen LogP contribution in [0.5, 0.6) is 11.5 Å². The molecule has 0 aliphatic rings. The van der Waals surface area contributed by atoms with Gasteiger partial charge in [0, 0.05) is 16.8 Å². The number of benzene rings is 3. The Bertz CT molecular complexity index is 1260. The van der Waals surface area contributed by atoms with Crippen LogP contribution < -0.4 is 19.1 Å². The Hall–Kier alpha value is -3.23. The standard InChI is InChI=1S/C24H25ClN2O5S/c1-16-5-9-20(10-6-16)33(29,30)27(22-12-8-19(31-3)14-23(22)32-4)15-24(28)26-21-11-7-18(25)13-17(21)2/h5-14H,15H2,1-4H3,(H,26,28). The monoisotopic (exact) mass is 488 g/mol. The van der Waals surface area contributed by atoms with E-state index in [4.69, 9.17) is 21.1 Å². The minimum absolute atomic E-state index is 0.0569. The molecule has 0 heterocycles. The number of anilines is 2. The summed E-state index contributed by atoms with van der Waals surface area (Å²) < 4.78 is 38.9. The van der Waals surface area contributed by atoms with Gasteiger partial charge in [-0.05, 0) is 61.9 Å². The summed E-state index contributed by atoms with van der Waals surface area (Å²) in [6.07, 6.45) is 0. The quantitative estimate of drug-likeness (QED) is 0.492. The molecule has 0 atom stereocenters. The average Bonchev–Trinajstić information content (AvgIpc) is 2.79. The number of methoxy groups -OCH3 is 2. The number of carbonyl (C=O) groups is 1. The SMILES string of the molecule is COc1ccc(N(CC(=O)Nc2ccc(Cl)cc2C)S(=O)(=O)c2ccc(C)cc2)c(OC)c1. The van der Waals surface area contributed by atoms with Gasteiger partial charge in [0.2, 0.25) is 5.91 Å². The fraction of sp³-hybridized carbons (Fsp3) is 0.208. The predicted molar refractivity (Wildman–Crippen MR) is 130 cm³/mol. The summed E-state index contributed by atoms with van der Waals surface area (Å²) in [6.45, 7) is 3.19. The van der Waals surface area contributed by atoms with Crippen molar-refractivity contribution < 1.29 is 22.7 Å². The number of carbonyl (C=O) groups excluding carboxylic acids is 1. The van der Waals surface area contributed by atoms with Crippen LogP contribution in [0.2, 0.25) is 5.02 Å². The molecular weight excluding hydrogens is 464 g/mol. The zero-order valence-electron chi connectivity index (χ0n) is 18.8. The van der Waals surface area contributed by atoms with Gasteiger partial charge in [-0.2, -0.15) is 0 Å². The smallest absolute Gasteiger partial charge is 0.264 e. The molecule has 0 saturated carbocycles. The predicted octanol–water partition coefficient (Wildman–Crippen LogP) is 4.81. The minimum Gasteiger partial charge on any atom is -0.497 e. The van der Waals surface area contributed by atoms with Crippen molar-refractivity contribution in [2.45, 2.75) is 18.7 Å². The van der Waals surface area contributed by atoms with Gasteiger partial charge in [-0.3, -0.25) is 9.10 Å². The van der Waals surface area contributed by atoms with Gasteiger partial charge < -0.3 is 14.8 Å². The first kappa shape index (κ1) is 24.4. The molecule has 0 unspecified atom stereocenters. The number of amides is 1. The number of rotatable bonds is 8. The van der Waals surface area contributed by atoms with E-state index in [9.17, 15) is 13.2 Å². The molecule has 0 bridgehead atoms. The lowest BCUT2D eigenvalue weighted by Crippen LogP contribution is -2.38. The van der Waals surface area contributed by atoms with Gasteiger partial charge >= 0.3 is 0 Å². The highest BCUT2D eigenvalue weighted by molar-refractivity contribution is 7.92. The summed E-state index contributed by atoms with van der Waals surface area (Å²) in [5.41, 5.74) is 2.42. The first-order valence-corrected chi connectivity index (χ1v) is 11.8.